The maximum absolute atomic E-state index is 13.8. The number of carbonyl (C=O) groups is 1. The van der Waals surface area contributed by atoms with E-state index < -0.39 is 5.82 Å². The second-order valence-corrected chi connectivity index (χ2v) is 5.55. The molecule has 0 atom stereocenters. The molecule has 0 aliphatic carbocycles. The lowest BCUT2D eigenvalue weighted by atomic mass is 10.1. The summed E-state index contributed by atoms with van der Waals surface area (Å²) in [5.74, 6) is -0.737. The first-order valence-corrected chi connectivity index (χ1v) is 7.14. The second kappa shape index (κ2) is 7.60. The molecule has 5 heteroatoms. The normalized spacial score (nSPS) is 10.8. The highest BCUT2D eigenvalue weighted by molar-refractivity contribution is 9.10. The van der Waals surface area contributed by atoms with Crippen molar-refractivity contribution in [2.75, 3.05) is 33.7 Å². The lowest BCUT2D eigenvalue weighted by Crippen LogP contribution is -2.37. The Hall–Kier alpha value is -0.940. The summed E-state index contributed by atoms with van der Waals surface area (Å²) in [6, 6.07) is 4.58. The molecule has 0 heterocycles. The molecule has 0 saturated carbocycles. The minimum absolute atomic E-state index is 0.120. The van der Waals surface area contributed by atoms with Gasteiger partial charge in [-0.15, -0.1) is 0 Å². The molecular weight excluding hydrogens is 311 g/mol. The number of nitrogens with zero attached hydrogens (tertiary/aromatic N) is 2. The summed E-state index contributed by atoms with van der Waals surface area (Å²) in [7, 11) is 3.90. The first-order valence-electron chi connectivity index (χ1n) is 6.35. The molecule has 19 heavy (non-hydrogen) atoms. The minimum Gasteiger partial charge on any atom is -0.337 e. The van der Waals surface area contributed by atoms with Gasteiger partial charge in [0, 0.05) is 24.1 Å². The Kier molecular flexibility index (Phi) is 6.45. The molecule has 106 valence electrons. The van der Waals surface area contributed by atoms with Crippen LogP contribution in [-0.4, -0.2) is 49.4 Å². The third-order valence-corrected chi connectivity index (χ3v) is 3.44. The molecule has 0 saturated heterocycles. The average Bonchev–Trinajstić information content (AvgIpc) is 2.33. The van der Waals surface area contributed by atoms with Crippen molar-refractivity contribution in [3.8, 4) is 0 Å². The van der Waals surface area contributed by atoms with Gasteiger partial charge in [0.05, 0.1) is 5.56 Å². The third kappa shape index (κ3) is 4.58. The first kappa shape index (κ1) is 16.1. The molecule has 0 N–H and O–H groups in total. The highest BCUT2D eigenvalue weighted by atomic mass is 79.9. The van der Waals surface area contributed by atoms with Crippen molar-refractivity contribution in [3.63, 3.8) is 0 Å². The molecule has 0 bridgehead atoms. The van der Waals surface area contributed by atoms with Crippen LogP contribution in [0.3, 0.4) is 0 Å². The van der Waals surface area contributed by atoms with Crippen molar-refractivity contribution in [2.45, 2.75) is 13.3 Å². The zero-order valence-corrected chi connectivity index (χ0v) is 13.2. The van der Waals surface area contributed by atoms with Gasteiger partial charge in [0.2, 0.25) is 0 Å². The van der Waals surface area contributed by atoms with Crippen molar-refractivity contribution < 1.29 is 9.18 Å². The van der Waals surface area contributed by atoms with Gasteiger partial charge in [0.25, 0.3) is 5.91 Å². The zero-order chi connectivity index (χ0) is 14.4. The standard InChI is InChI=1S/C14H20BrFN2O/c1-4-8-18(10-9-17(2)3)14(19)13-11(15)6-5-7-12(13)16/h5-7H,4,8-10H2,1-3H3. The van der Waals surface area contributed by atoms with E-state index in [4.69, 9.17) is 0 Å². The third-order valence-electron chi connectivity index (χ3n) is 2.77. The van der Waals surface area contributed by atoms with Crippen LogP contribution in [0.1, 0.15) is 23.7 Å². The van der Waals surface area contributed by atoms with Crippen LogP contribution in [0, 0.1) is 5.82 Å². The molecule has 1 aromatic rings. The van der Waals surface area contributed by atoms with Crippen LogP contribution in [0.4, 0.5) is 4.39 Å². The van der Waals surface area contributed by atoms with Crippen LogP contribution in [0.2, 0.25) is 0 Å². The molecule has 0 radical (unpaired) electrons. The second-order valence-electron chi connectivity index (χ2n) is 4.69. The van der Waals surface area contributed by atoms with E-state index in [0.717, 1.165) is 13.0 Å². The van der Waals surface area contributed by atoms with Gasteiger partial charge in [-0.2, -0.15) is 0 Å². The van der Waals surface area contributed by atoms with Gasteiger partial charge in [-0.3, -0.25) is 4.79 Å². The summed E-state index contributed by atoms with van der Waals surface area (Å²) in [5, 5.41) is 0. The van der Waals surface area contributed by atoms with E-state index in [1.807, 2.05) is 25.9 Å². The van der Waals surface area contributed by atoms with Gasteiger partial charge >= 0.3 is 0 Å². The van der Waals surface area contributed by atoms with Crippen LogP contribution in [-0.2, 0) is 0 Å². The highest BCUT2D eigenvalue weighted by Gasteiger charge is 2.21. The Morgan fingerprint density at radius 3 is 2.47 bits per heavy atom. The van der Waals surface area contributed by atoms with Crippen LogP contribution in [0.25, 0.3) is 0 Å². The first-order chi connectivity index (χ1) is 8.97. The van der Waals surface area contributed by atoms with E-state index in [0.29, 0.717) is 17.6 Å². The Morgan fingerprint density at radius 1 is 1.26 bits per heavy atom. The maximum atomic E-state index is 13.8. The lowest BCUT2D eigenvalue weighted by Gasteiger charge is -2.24. The number of halogens is 2. The van der Waals surface area contributed by atoms with Crippen molar-refractivity contribution in [2.24, 2.45) is 0 Å². The fourth-order valence-corrected chi connectivity index (χ4v) is 2.28. The number of rotatable bonds is 6. The van der Waals surface area contributed by atoms with Crippen LogP contribution in [0.5, 0.6) is 0 Å². The quantitative estimate of drug-likeness (QED) is 0.800. The number of hydrogen-bond donors (Lipinski definition) is 0. The van der Waals surface area contributed by atoms with Crippen molar-refractivity contribution in [1.82, 2.24) is 9.80 Å². The molecule has 0 aromatic heterocycles. The predicted molar refractivity (Wildman–Crippen MR) is 78.8 cm³/mol. The van der Waals surface area contributed by atoms with Gasteiger partial charge in [-0.05, 0) is 48.6 Å². The molecule has 0 spiro atoms. The van der Waals surface area contributed by atoms with Gasteiger partial charge in [-0.25, -0.2) is 4.39 Å². The molecule has 1 rings (SSSR count). The largest absolute Gasteiger partial charge is 0.337 e. The van der Waals surface area contributed by atoms with Crippen LogP contribution >= 0.6 is 15.9 Å². The topological polar surface area (TPSA) is 23.6 Å². The summed E-state index contributed by atoms with van der Waals surface area (Å²) in [6.07, 6.45) is 0.852. The van der Waals surface area contributed by atoms with Crippen LogP contribution < -0.4 is 0 Å². The van der Waals surface area contributed by atoms with Crippen molar-refractivity contribution in [3.05, 3.63) is 34.1 Å². The Balaban J connectivity index is 2.92. The van der Waals surface area contributed by atoms with E-state index in [2.05, 4.69) is 15.9 Å². The van der Waals surface area contributed by atoms with Crippen LogP contribution in [0.15, 0.2) is 22.7 Å². The van der Waals surface area contributed by atoms with E-state index in [1.165, 1.54) is 6.07 Å². The number of amides is 1. The van der Waals surface area contributed by atoms with Gasteiger partial charge < -0.3 is 9.80 Å². The number of likely N-dealkylation sites (N-methyl/N-ethyl adjacent to an activating group) is 1. The molecule has 0 fully saturated rings. The summed E-state index contributed by atoms with van der Waals surface area (Å²) >= 11 is 3.25. The monoisotopic (exact) mass is 330 g/mol. The summed E-state index contributed by atoms with van der Waals surface area (Å²) in [5.41, 5.74) is 0.120. The van der Waals surface area contributed by atoms with Gasteiger partial charge in [0.15, 0.2) is 0 Å². The summed E-state index contributed by atoms with van der Waals surface area (Å²) in [6.45, 7) is 4.00. The SMILES string of the molecule is CCCN(CCN(C)C)C(=O)c1c(F)cccc1Br. The zero-order valence-electron chi connectivity index (χ0n) is 11.6. The molecular formula is C14H20BrFN2O. The Morgan fingerprint density at radius 2 is 1.95 bits per heavy atom. The van der Waals surface area contributed by atoms with E-state index in [1.54, 1.807) is 17.0 Å². The average molecular weight is 331 g/mol. The van der Waals surface area contributed by atoms with E-state index in [9.17, 15) is 9.18 Å². The molecule has 0 unspecified atom stereocenters. The smallest absolute Gasteiger partial charge is 0.258 e. The molecule has 1 aromatic carbocycles. The van der Waals surface area contributed by atoms with Gasteiger partial charge in [0.1, 0.15) is 5.82 Å². The summed E-state index contributed by atoms with van der Waals surface area (Å²) in [4.78, 5) is 16.1. The summed E-state index contributed by atoms with van der Waals surface area (Å²) < 4.78 is 14.3. The lowest BCUT2D eigenvalue weighted by molar-refractivity contribution is 0.0739. The number of carbonyl (C=O) groups excluding carboxylic acids is 1. The molecule has 1 amide bonds. The minimum atomic E-state index is -0.481. The van der Waals surface area contributed by atoms with Crippen molar-refractivity contribution >= 4 is 21.8 Å². The molecule has 0 aliphatic heterocycles. The van der Waals surface area contributed by atoms with Crippen molar-refractivity contribution in [1.29, 1.82) is 0 Å². The number of hydrogen-bond acceptors (Lipinski definition) is 2. The molecule has 0 aliphatic rings. The van der Waals surface area contributed by atoms with Gasteiger partial charge in [-0.1, -0.05) is 13.0 Å². The van der Waals surface area contributed by atoms with E-state index in [-0.39, 0.29) is 11.5 Å². The fraction of sp³-hybridized carbons (Fsp3) is 0.500. The molecule has 3 nitrogen and oxygen atoms in total. The van der Waals surface area contributed by atoms with E-state index >= 15 is 0 Å². The maximum Gasteiger partial charge on any atom is 0.258 e. The predicted octanol–water partition coefficient (Wildman–Crippen LogP) is 3.00. The Labute approximate surface area is 122 Å². The highest BCUT2D eigenvalue weighted by Crippen LogP contribution is 2.21. The fourth-order valence-electron chi connectivity index (χ4n) is 1.77. The Bertz CT molecular complexity index is 417. The number of benzene rings is 1.